The second kappa shape index (κ2) is 14.6. The van der Waals surface area contributed by atoms with E-state index >= 15 is 0 Å². The van der Waals surface area contributed by atoms with E-state index in [0.29, 0.717) is 36.1 Å². The van der Waals surface area contributed by atoms with Crippen molar-refractivity contribution in [3.05, 3.63) is 124 Å². The monoisotopic (exact) mass is 723 g/mol. The van der Waals surface area contributed by atoms with Gasteiger partial charge in [-0.3, -0.25) is 24.6 Å². The fourth-order valence-electron chi connectivity index (χ4n) is 9.86. The number of phenols is 1. The Morgan fingerprint density at radius 2 is 1.41 bits per heavy atom. The Kier molecular flexibility index (Phi) is 9.35. The first-order valence-corrected chi connectivity index (χ1v) is 19.8. The molecule has 4 aromatic rings. The Labute approximate surface area is 317 Å². The van der Waals surface area contributed by atoms with E-state index in [9.17, 15) is 19.5 Å². The van der Waals surface area contributed by atoms with Gasteiger partial charge in [0.05, 0.1) is 0 Å². The maximum Gasteiger partial charge on any atom is 0.255 e. The first kappa shape index (κ1) is 34.6. The van der Waals surface area contributed by atoms with Gasteiger partial charge < -0.3 is 19.8 Å². The Hall–Kier alpha value is -5.15. The molecule has 9 heteroatoms. The minimum atomic E-state index is -0.585. The van der Waals surface area contributed by atoms with Crippen molar-refractivity contribution >= 4 is 29.1 Å². The summed E-state index contributed by atoms with van der Waals surface area (Å²) in [5.41, 5.74) is 9.39. The minimum Gasteiger partial charge on any atom is -0.508 e. The van der Waals surface area contributed by atoms with Gasteiger partial charge in [0.15, 0.2) is 0 Å². The summed E-state index contributed by atoms with van der Waals surface area (Å²) in [6, 6.07) is 31.7. The van der Waals surface area contributed by atoms with Gasteiger partial charge in [0.1, 0.15) is 11.8 Å². The Morgan fingerprint density at radius 3 is 2.17 bits per heavy atom. The molecule has 3 atom stereocenters. The fourth-order valence-corrected chi connectivity index (χ4v) is 9.86. The fraction of sp³-hybridized carbons (Fsp3) is 0.400. The molecular formula is C45H49N5O4. The van der Waals surface area contributed by atoms with Crippen molar-refractivity contribution in [2.24, 2.45) is 5.92 Å². The summed E-state index contributed by atoms with van der Waals surface area (Å²) in [5, 5.41) is 12.6. The highest BCUT2D eigenvalue weighted by molar-refractivity contribution is 6.05. The number of phenolic OH excluding ortho intramolecular Hbond substituents is 1. The molecule has 3 saturated heterocycles. The lowest BCUT2D eigenvalue weighted by Gasteiger charge is -2.40. The Bertz CT molecular complexity index is 2030. The van der Waals surface area contributed by atoms with E-state index in [1.165, 1.54) is 40.8 Å². The number of benzene rings is 4. The lowest BCUT2D eigenvalue weighted by Crippen LogP contribution is -2.52. The van der Waals surface area contributed by atoms with E-state index in [1.807, 2.05) is 24.3 Å². The molecule has 0 saturated carbocycles. The zero-order chi connectivity index (χ0) is 36.8. The number of hydrogen-bond acceptors (Lipinski definition) is 7. The van der Waals surface area contributed by atoms with Crippen molar-refractivity contribution in [1.82, 2.24) is 15.1 Å². The largest absolute Gasteiger partial charge is 0.508 e. The van der Waals surface area contributed by atoms with Crippen LogP contribution in [-0.2, 0) is 22.6 Å². The van der Waals surface area contributed by atoms with Gasteiger partial charge >= 0.3 is 0 Å². The molecule has 278 valence electrons. The maximum atomic E-state index is 13.1. The summed E-state index contributed by atoms with van der Waals surface area (Å²) < 4.78 is 0. The Balaban J connectivity index is 0.780. The van der Waals surface area contributed by atoms with Gasteiger partial charge in [-0.1, -0.05) is 48.5 Å². The highest BCUT2D eigenvalue weighted by atomic mass is 16.3. The molecular weight excluding hydrogens is 675 g/mol. The third-order valence-electron chi connectivity index (χ3n) is 12.8. The van der Waals surface area contributed by atoms with E-state index < -0.39 is 6.04 Å². The summed E-state index contributed by atoms with van der Waals surface area (Å²) in [6.45, 7) is 7.64. The van der Waals surface area contributed by atoms with Crippen molar-refractivity contribution < 1.29 is 19.5 Å². The second-order valence-electron chi connectivity index (χ2n) is 16.0. The van der Waals surface area contributed by atoms with Crippen LogP contribution in [0.1, 0.15) is 82.1 Å². The topological polar surface area (TPSA) is 96.4 Å². The van der Waals surface area contributed by atoms with Crippen LogP contribution in [0.2, 0.25) is 0 Å². The summed E-state index contributed by atoms with van der Waals surface area (Å²) in [7, 11) is 0. The molecule has 54 heavy (non-hydrogen) atoms. The van der Waals surface area contributed by atoms with Gasteiger partial charge in [0, 0.05) is 81.6 Å². The Morgan fingerprint density at radius 1 is 0.667 bits per heavy atom. The van der Waals surface area contributed by atoms with E-state index in [-0.39, 0.29) is 30.1 Å². The minimum absolute atomic E-state index is 0.121. The van der Waals surface area contributed by atoms with Crippen LogP contribution in [0.25, 0.3) is 0 Å². The molecule has 0 aromatic heterocycles. The molecule has 0 bridgehead atoms. The number of carbonyl (C=O) groups excluding carboxylic acids is 3. The number of piperazine rings is 1. The van der Waals surface area contributed by atoms with Crippen LogP contribution in [0, 0.1) is 5.92 Å². The number of amides is 3. The van der Waals surface area contributed by atoms with Crippen molar-refractivity contribution in [2.45, 2.75) is 62.9 Å². The van der Waals surface area contributed by atoms with Crippen molar-refractivity contribution in [2.75, 3.05) is 55.6 Å². The third kappa shape index (κ3) is 6.74. The molecule has 3 amide bonds. The zero-order valence-electron chi connectivity index (χ0n) is 30.8. The molecule has 1 aliphatic carbocycles. The number of hydrogen-bond donors (Lipinski definition) is 2. The van der Waals surface area contributed by atoms with Crippen molar-refractivity contribution in [3.8, 4) is 5.75 Å². The standard InChI is InChI=1S/C45H49N5O4/c51-37-12-15-39-33(27-37)8-13-38(31-4-2-1-3-5-31)43(39)32-6-9-35(10-7-32)48-20-18-30(19-21-48)28-47-22-24-49(25-23-47)36-11-14-40-34(26-36)29-50(45(40)54)41-16-17-42(52)46-44(41)53/h1-7,9-12,14-15,26-27,30,38,41,43,51H,8,13,16-25,28-29H2,(H,46,52,53)/t38?,41-,43-/m0/s1. The maximum absolute atomic E-state index is 13.1. The van der Waals surface area contributed by atoms with E-state index in [2.05, 4.69) is 86.7 Å². The third-order valence-corrected chi connectivity index (χ3v) is 12.8. The van der Waals surface area contributed by atoms with E-state index in [1.54, 1.807) is 4.90 Å². The number of aryl methyl sites for hydroxylation is 1. The smallest absolute Gasteiger partial charge is 0.255 e. The molecule has 2 N–H and O–H groups in total. The first-order chi connectivity index (χ1) is 26.4. The highest BCUT2D eigenvalue weighted by Gasteiger charge is 2.39. The van der Waals surface area contributed by atoms with Gasteiger partial charge in [-0.15, -0.1) is 0 Å². The number of aromatic hydroxyl groups is 1. The normalized spacial score (nSPS) is 23.7. The molecule has 4 aliphatic heterocycles. The van der Waals surface area contributed by atoms with Crippen LogP contribution in [0.15, 0.2) is 91.0 Å². The van der Waals surface area contributed by atoms with E-state index in [0.717, 1.165) is 69.9 Å². The summed E-state index contributed by atoms with van der Waals surface area (Å²) in [4.78, 5) is 46.5. The SMILES string of the molecule is O=C1CC[C@H](N2Cc3cc(N4CCN(CC5CCN(c6ccc([C@@H]7c8ccc(O)cc8CCC7c7ccccc7)cc6)CC5)CC4)ccc3C2=O)C(=O)N1. The quantitative estimate of drug-likeness (QED) is 0.224. The number of nitrogens with zero attached hydrogens (tertiary/aromatic N) is 4. The lowest BCUT2D eigenvalue weighted by atomic mass is 9.69. The van der Waals surface area contributed by atoms with Crippen molar-refractivity contribution in [1.29, 1.82) is 0 Å². The van der Waals surface area contributed by atoms with Gasteiger partial charge in [-0.25, -0.2) is 0 Å². The number of imide groups is 1. The summed E-state index contributed by atoms with van der Waals surface area (Å²) in [5.74, 6) is 0.955. The molecule has 5 aliphatic rings. The number of piperidine rings is 2. The van der Waals surface area contributed by atoms with Gasteiger partial charge in [0.25, 0.3) is 5.91 Å². The first-order valence-electron chi connectivity index (χ1n) is 19.8. The zero-order valence-corrected chi connectivity index (χ0v) is 30.8. The van der Waals surface area contributed by atoms with Crippen LogP contribution in [0.5, 0.6) is 5.75 Å². The second-order valence-corrected chi connectivity index (χ2v) is 16.0. The number of fused-ring (bicyclic) bond motifs is 2. The van der Waals surface area contributed by atoms with E-state index in [4.69, 9.17) is 0 Å². The molecule has 3 fully saturated rings. The molecule has 4 aromatic carbocycles. The van der Waals surface area contributed by atoms with Gasteiger partial charge in [0.2, 0.25) is 11.8 Å². The van der Waals surface area contributed by atoms with Crippen LogP contribution in [0.3, 0.4) is 0 Å². The summed E-state index contributed by atoms with van der Waals surface area (Å²) in [6.07, 6.45) is 5.08. The van der Waals surface area contributed by atoms with Crippen LogP contribution < -0.4 is 15.1 Å². The number of nitrogens with one attached hydrogen (secondary N) is 1. The van der Waals surface area contributed by atoms with Crippen LogP contribution in [0.4, 0.5) is 11.4 Å². The van der Waals surface area contributed by atoms with Gasteiger partial charge in [-0.2, -0.15) is 0 Å². The number of carbonyl (C=O) groups is 3. The molecule has 9 rings (SSSR count). The van der Waals surface area contributed by atoms with Gasteiger partial charge in [-0.05, 0) is 114 Å². The number of rotatable bonds is 7. The predicted molar refractivity (Wildman–Crippen MR) is 210 cm³/mol. The molecule has 9 nitrogen and oxygen atoms in total. The predicted octanol–water partition coefficient (Wildman–Crippen LogP) is 6.05. The van der Waals surface area contributed by atoms with Crippen molar-refractivity contribution in [3.63, 3.8) is 0 Å². The summed E-state index contributed by atoms with van der Waals surface area (Å²) >= 11 is 0. The molecule has 0 radical (unpaired) electrons. The number of anilines is 2. The molecule has 1 unspecified atom stereocenters. The van der Waals surface area contributed by atoms with Crippen LogP contribution >= 0.6 is 0 Å². The highest BCUT2D eigenvalue weighted by Crippen LogP contribution is 2.47. The van der Waals surface area contributed by atoms with Crippen LogP contribution in [-0.4, -0.2) is 84.5 Å². The average molecular weight is 724 g/mol. The molecule has 4 heterocycles. The lowest BCUT2D eigenvalue weighted by molar-refractivity contribution is -0.136. The molecule has 0 spiro atoms. The average Bonchev–Trinajstić information content (AvgIpc) is 3.53.